The molecule has 1 spiro atoms. The predicted octanol–water partition coefficient (Wildman–Crippen LogP) is 0.890. The van der Waals surface area contributed by atoms with Gasteiger partial charge in [0.25, 0.3) is 0 Å². The Kier molecular flexibility index (Phi) is 3.77. The van der Waals surface area contributed by atoms with E-state index in [1.807, 2.05) is 19.2 Å². The van der Waals surface area contributed by atoms with Crippen LogP contribution in [-0.4, -0.2) is 77.9 Å². The quantitative estimate of drug-likeness (QED) is 0.670. The van der Waals surface area contributed by atoms with Crippen LogP contribution in [-0.2, 0) is 5.41 Å². The summed E-state index contributed by atoms with van der Waals surface area (Å²) in [5.74, 6) is 0.772. The molecule has 1 saturated heterocycles. The molecule has 1 saturated carbocycles. The molecular weight excluding hydrogens is 356 g/mol. The Morgan fingerprint density at radius 2 is 2.07 bits per heavy atom. The predicted molar refractivity (Wildman–Crippen MR) is 107 cm³/mol. The van der Waals surface area contributed by atoms with Crippen molar-refractivity contribution in [2.24, 2.45) is 5.41 Å². The Bertz CT molecular complexity index is 844. The first-order chi connectivity index (χ1) is 13.4. The molecule has 0 amide bonds. The van der Waals surface area contributed by atoms with E-state index in [1.165, 1.54) is 5.56 Å². The van der Waals surface area contributed by atoms with Crippen LogP contribution in [0.5, 0.6) is 5.75 Å². The number of anilines is 1. The number of ether oxygens (including phenoxy) is 1. The van der Waals surface area contributed by atoms with E-state index in [4.69, 9.17) is 4.74 Å². The number of hydrogen-bond donors (Lipinski definition) is 3. The minimum absolute atomic E-state index is 0.0823. The Balaban J connectivity index is 1.83. The third-order valence-electron chi connectivity index (χ3n) is 8.23. The van der Waals surface area contributed by atoms with Crippen LogP contribution in [0.3, 0.4) is 0 Å². The van der Waals surface area contributed by atoms with E-state index in [-0.39, 0.29) is 11.5 Å². The van der Waals surface area contributed by atoms with Gasteiger partial charge >= 0.3 is 0 Å². The number of likely N-dealkylation sites (N-methyl/N-ethyl adjacent to an activating group) is 1. The van der Waals surface area contributed by atoms with Gasteiger partial charge in [0.2, 0.25) is 0 Å². The number of benzene rings is 1. The van der Waals surface area contributed by atoms with E-state index in [9.17, 15) is 15.3 Å². The molecule has 1 unspecified atom stereocenters. The second-order valence-electron chi connectivity index (χ2n) is 9.00. The maximum absolute atomic E-state index is 11.8. The molecule has 4 aliphatic rings. The fourth-order valence-corrected chi connectivity index (χ4v) is 7.27. The molecule has 2 fully saturated rings. The lowest BCUT2D eigenvalue weighted by Gasteiger charge is -2.63. The fourth-order valence-electron chi connectivity index (χ4n) is 7.27. The summed E-state index contributed by atoms with van der Waals surface area (Å²) < 4.78 is 5.46. The van der Waals surface area contributed by atoms with Crippen LogP contribution in [0.15, 0.2) is 30.4 Å². The minimum Gasteiger partial charge on any atom is -0.497 e. The van der Waals surface area contributed by atoms with E-state index in [2.05, 4.69) is 34.9 Å². The molecule has 3 aliphatic heterocycles. The molecule has 28 heavy (non-hydrogen) atoms. The highest BCUT2D eigenvalue weighted by Crippen LogP contribution is 2.66. The van der Waals surface area contributed by atoms with Crippen LogP contribution >= 0.6 is 0 Å². The van der Waals surface area contributed by atoms with Crippen molar-refractivity contribution in [3.8, 4) is 5.75 Å². The van der Waals surface area contributed by atoms with Gasteiger partial charge in [-0.3, -0.25) is 4.90 Å². The zero-order valence-corrected chi connectivity index (χ0v) is 16.8. The van der Waals surface area contributed by atoms with Gasteiger partial charge in [0, 0.05) is 42.2 Å². The molecule has 3 heterocycles. The highest BCUT2D eigenvalue weighted by atomic mass is 16.5. The average Bonchev–Trinajstić information content (AvgIpc) is 3.23. The van der Waals surface area contributed by atoms with Crippen molar-refractivity contribution >= 4 is 5.69 Å². The molecule has 6 heteroatoms. The third-order valence-corrected chi connectivity index (χ3v) is 8.23. The summed E-state index contributed by atoms with van der Waals surface area (Å²) in [6.07, 6.45) is 4.79. The maximum Gasteiger partial charge on any atom is 0.135 e. The molecule has 0 aromatic heterocycles. The SMILES string of the molecule is CCC12C=CCN3CC[C@@]4(c5ccc(OC)cc5N(C)[C@H]4[C@@](O)(CO)[C@@H]1O)[C@@H]32. The van der Waals surface area contributed by atoms with Gasteiger partial charge in [0.15, 0.2) is 0 Å². The van der Waals surface area contributed by atoms with Gasteiger partial charge in [-0.05, 0) is 31.0 Å². The fraction of sp³-hybridized carbons (Fsp3) is 0.636. The number of rotatable bonds is 3. The van der Waals surface area contributed by atoms with Crippen LogP contribution < -0.4 is 9.64 Å². The molecule has 1 aromatic carbocycles. The molecule has 152 valence electrons. The van der Waals surface area contributed by atoms with Gasteiger partial charge in [-0.2, -0.15) is 0 Å². The number of hydrogen-bond acceptors (Lipinski definition) is 6. The van der Waals surface area contributed by atoms with Crippen molar-refractivity contribution in [1.29, 1.82) is 0 Å². The van der Waals surface area contributed by atoms with E-state index in [0.29, 0.717) is 6.42 Å². The van der Waals surface area contributed by atoms with Gasteiger partial charge in [-0.1, -0.05) is 25.1 Å². The molecule has 5 rings (SSSR count). The monoisotopic (exact) mass is 386 g/mol. The van der Waals surface area contributed by atoms with Crippen molar-refractivity contribution in [3.63, 3.8) is 0 Å². The number of methoxy groups -OCH3 is 1. The lowest BCUT2D eigenvalue weighted by Crippen LogP contribution is -2.79. The zero-order chi connectivity index (χ0) is 19.9. The molecule has 0 radical (unpaired) electrons. The lowest BCUT2D eigenvalue weighted by atomic mass is 9.48. The Hall–Kier alpha value is -1.60. The number of aliphatic hydroxyl groups is 3. The summed E-state index contributed by atoms with van der Waals surface area (Å²) >= 11 is 0. The second kappa shape index (κ2) is 5.72. The normalized spacial score (nSPS) is 43.6. The molecule has 6 nitrogen and oxygen atoms in total. The number of fused-ring (bicyclic) bond motifs is 1. The van der Waals surface area contributed by atoms with Gasteiger partial charge in [0.05, 0.1) is 25.9 Å². The molecule has 1 aromatic rings. The third kappa shape index (κ3) is 1.79. The van der Waals surface area contributed by atoms with Crippen LogP contribution in [0.4, 0.5) is 5.69 Å². The summed E-state index contributed by atoms with van der Waals surface area (Å²) in [6, 6.07) is 5.81. The Morgan fingerprint density at radius 1 is 1.29 bits per heavy atom. The van der Waals surface area contributed by atoms with Crippen molar-refractivity contribution in [2.45, 2.75) is 49.0 Å². The Labute approximate surface area is 166 Å². The van der Waals surface area contributed by atoms with Gasteiger partial charge in [-0.15, -0.1) is 0 Å². The first-order valence-corrected chi connectivity index (χ1v) is 10.2. The van der Waals surface area contributed by atoms with Gasteiger partial charge in [0.1, 0.15) is 11.4 Å². The summed E-state index contributed by atoms with van der Waals surface area (Å²) in [5.41, 5.74) is -0.351. The highest BCUT2D eigenvalue weighted by molar-refractivity contribution is 5.70. The molecular formula is C22H30N2O4. The largest absolute Gasteiger partial charge is 0.497 e. The van der Waals surface area contributed by atoms with E-state index >= 15 is 0 Å². The zero-order valence-electron chi connectivity index (χ0n) is 16.8. The standard InChI is InChI=1S/C22H30N2O4/c1-4-20-8-5-10-24-11-9-21(17(20)24)15-7-6-14(28-3)12-16(15)23(2)18(21)22(27,13-25)19(20)26/h5-8,12,17-19,25-27H,4,9-11,13H2,1-3H3/t17-,18+,19+,20?,21+,22-/m0/s1. The van der Waals surface area contributed by atoms with Crippen LogP contribution in [0.2, 0.25) is 0 Å². The minimum atomic E-state index is -1.62. The second-order valence-corrected chi connectivity index (χ2v) is 9.00. The van der Waals surface area contributed by atoms with E-state index < -0.39 is 29.8 Å². The van der Waals surface area contributed by atoms with Gasteiger partial charge < -0.3 is 25.0 Å². The van der Waals surface area contributed by atoms with Crippen LogP contribution in [0.25, 0.3) is 0 Å². The number of aliphatic hydroxyl groups excluding tert-OH is 2. The summed E-state index contributed by atoms with van der Waals surface area (Å²) in [6.45, 7) is 3.38. The topological polar surface area (TPSA) is 76.4 Å². The summed E-state index contributed by atoms with van der Waals surface area (Å²) in [7, 11) is 3.62. The smallest absolute Gasteiger partial charge is 0.135 e. The summed E-state index contributed by atoms with van der Waals surface area (Å²) in [5, 5.41) is 33.7. The molecule has 6 atom stereocenters. The van der Waals surface area contributed by atoms with Crippen molar-refractivity contribution in [1.82, 2.24) is 4.90 Å². The maximum atomic E-state index is 11.8. The highest BCUT2D eigenvalue weighted by Gasteiger charge is 2.76. The van der Waals surface area contributed by atoms with Crippen molar-refractivity contribution in [3.05, 3.63) is 35.9 Å². The van der Waals surface area contributed by atoms with Crippen LogP contribution in [0, 0.1) is 5.41 Å². The lowest BCUT2D eigenvalue weighted by molar-refractivity contribution is -0.213. The molecule has 0 bridgehead atoms. The van der Waals surface area contributed by atoms with Crippen molar-refractivity contribution in [2.75, 3.05) is 38.8 Å². The van der Waals surface area contributed by atoms with E-state index in [1.54, 1.807) is 7.11 Å². The summed E-state index contributed by atoms with van der Waals surface area (Å²) in [4.78, 5) is 4.53. The number of nitrogens with zero attached hydrogens (tertiary/aromatic N) is 2. The van der Waals surface area contributed by atoms with E-state index in [0.717, 1.165) is 30.9 Å². The van der Waals surface area contributed by atoms with Gasteiger partial charge in [-0.25, -0.2) is 0 Å². The first kappa shape index (κ1) is 18.4. The first-order valence-electron chi connectivity index (χ1n) is 10.2. The Morgan fingerprint density at radius 3 is 2.75 bits per heavy atom. The average molecular weight is 386 g/mol. The molecule has 1 aliphatic carbocycles. The van der Waals surface area contributed by atoms with Crippen LogP contribution in [0.1, 0.15) is 25.3 Å². The molecule has 3 N–H and O–H groups in total. The van der Waals surface area contributed by atoms with Crippen molar-refractivity contribution < 1.29 is 20.1 Å².